The van der Waals surface area contributed by atoms with Gasteiger partial charge in [0, 0.05) is 18.8 Å². The van der Waals surface area contributed by atoms with Gasteiger partial charge in [-0.3, -0.25) is 14.5 Å². The molecule has 3 rings (SSSR count). The van der Waals surface area contributed by atoms with Crippen molar-refractivity contribution in [1.29, 1.82) is 0 Å². The van der Waals surface area contributed by atoms with Crippen molar-refractivity contribution in [1.82, 2.24) is 4.90 Å². The molecule has 3 aromatic rings. The minimum absolute atomic E-state index is 0.0978. The van der Waals surface area contributed by atoms with E-state index in [1.54, 1.807) is 0 Å². The van der Waals surface area contributed by atoms with Crippen molar-refractivity contribution < 1.29 is 14.3 Å². The Kier molecular flexibility index (Phi) is 7.96. The quantitative estimate of drug-likeness (QED) is 0.522. The van der Waals surface area contributed by atoms with E-state index in [9.17, 15) is 9.59 Å². The number of carbonyl (C=O) groups is 2. The summed E-state index contributed by atoms with van der Waals surface area (Å²) in [4.78, 5) is 26.7. The molecular weight excluding hydrogens is 388 g/mol. The molecule has 0 fully saturated rings. The Hall–Kier alpha value is -3.44. The number of anilines is 1. The molecule has 0 aliphatic rings. The summed E-state index contributed by atoms with van der Waals surface area (Å²) >= 11 is 0. The highest BCUT2D eigenvalue weighted by atomic mass is 16.5. The number of nitrogens with zero attached hydrogens (tertiary/aromatic N) is 1. The molecule has 0 bridgehead atoms. The highest BCUT2D eigenvalue weighted by Gasteiger charge is 2.15. The molecule has 5 heteroatoms. The summed E-state index contributed by atoms with van der Waals surface area (Å²) in [7, 11) is 0. The second kappa shape index (κ2) is 11.1. The Morgan fingerprint density at radius 1 is 0.806 bits per heavy atom. The van der Waals surface area contributed by atoms with E-state index < -0.39 is 5.97 Å². The van der Waals surface area contributed by atoms with Crippen molar-refractivity contribution in [3.63, 3.8) is 0 Å². The molecular formula is C26H28N2O3. The maximum Gasteiger partial charge on any atom is 0.320 e. The van der Waals surface area contributed by atoms with E-state index in [0.717, 1.165) is 22.3 Å². The lowest BCUT2D eigenvalue weighted by atomic mass is 10.1. The zero-order valence-corrected chi connectivity index (χ0v) is 18.0. The van der Waals surface area contributed by atoms with Crippen molar-refractivity contribution in [2.24, 2.45) is 0 Å². The third kappa shape index (κ3) is 7.72. The summed E-state index contributed by atoms with van der Waals surface area (Å²) in [5, 5.41) is 2.78. The van der Waals surface area contributed by atoms with Crippen LogP contribution in [-0.2, 0) is 27.4 Å². The van der Waals surface area contributed by atoms with Crippen LogP contribution < -0.4 is 5.32 Å². The fraction of sp³-hybridized carbons (Fsp3) is 0.231. The number of hydrogen-bond acceptors (Lipinski definition) is 4. The van der Waals surface area contributed by atoms with Gasteiger partial charge in [0.05, 0.1) is 6.54 Å². The normalized spacial score (nSPS) is 10.7. The molecule has 0 atom stereocenters. The number of hydrogen-bond donors (Lipinski definition) is 1. The maximum absolute atomic E-state index is 12.5. The first-order valence-corrected chi connectivity index (χ1v) is 10.3. The molecule has 160 valence electrons. The number of ether oxygens (including phenoxy) is 1. The average Bonchev–Trinajstić information content (AvgIpc) is 2.73. The van der Waals surface area contributed by atoms with Crippen LogP contribution in [0.25, 0.3) is 0 Å². The van der Waals surface area contributed by atoms with Gasteiger partial charge in [0.1, 0.15) is 0 Å². The Morgan fingerprint density at radius 2 is 1.32 bits per heavy atom. The van der Waals surface area contributed by atoms with Crippen LogP contribution in [0.2, 0.25) is 0 Å². The predicted molar refractivity (Wildman–Crippen MR) is 123 cm³/mol. The van der Waals surface area contributed by atoms with Crippen molar-refractivity contribution in [2.75, 3.05) is 18.5 Å². The van der Waals surface area contributed by atoms with E-state index >= 15 is 0 Å². The molecule has 0 saturated heterocycles. The lowest BCUT2D eigenvalue weighted by Gasteiger charge is -2.21. The van der Waals surface area contributed by atoms with Crippen molar-refractivity contribution in [3.05, 3.63) is 101 Å². The van der Waals surface area contributed by atoms with Crippen LogP contribution in [0.4, 0.5) is 5.69 Å². The topological polar surface area (TPSA) is 58.6 Å². The number of carbonyl (C=O) groups excluding carboxylic acids is 2. The highest BCUT2D eigenvalue weighted by Crippen LogP contribution is 2.14. The molecule has 1 N–H and O–H groups in total. The van der Waals surface area contributed by atoms with E-state index in [-0.39, 0.29) is 19.1 Å². The Bertz CT molecular complexity index is 942. The van der Waals surface area contributed by atoms with E-state index in [1.165, 1.54) is 0 Å². The van der Waals surface area contributed by atoms with E-state index in [4.69, 9.17) is 4.74 Å². The van der Waals surface area contributed by atoms with E-state index in [1.807, 2.05) is 97.6 Å². The van der Waals surface area contributed by atoms with Crippen molar-refractivity contribution in [3.8, 4) is 0 Å². The maximum atomic E-state index is 12.5. The molecule has 31 heavy (non-hydrogen) atoms. The Balaban J connectivity index is 1.55. The number of amides is 1. The Morgan fingerprint density at radius 3 is 1.84 bits per heavy atom. The fourth-order valence-electron chi connectivity index (χ4n) is 3.47. The second-order valence-electron chi connectivity index (χ2n) is 7.70. The minimum Gasteiger partial charge on any atom is -0.455 e. The first-order chi connectivity index (χ1) is 15.0. The van der Waals surface area contributed by atoms with Crippen LogP contribution in [-0.4, -0.2) is 29.9 Å². The second-order valence-corrected chi connectivity index (χ2v) is 7.70. The van der Waals surface area contributed by atoms with Crippen LogP contribution in [0.1, 0.15) is 22.3 Å². The monoisotopic (exact) mass is 416 g/mol. The van der Waals surface area contributed by atoms with Gasteiger partial charge < -0.3 is 10.1 Å². The number of esters is 1. The lowest BCUT2D eigenvalue weighted by molar-refractivity contribution is -0.148. The molecule has 1 amide bonds. The van der Waals surface area contributed by atoms with Crippen LogP contribution in [0.5, 0.6) is 0 Å². The summed E-state index contributed by atoms with van der Waals surface area (Å²) in [5.74, 6) is -0.779. The molecule has 0 radical (unpaired) electrons. The van der Waals surface area contributed by atoms with Crippen molar-refractivity contribution >= 4 is 17.6 Å². The van der Waals surface area contributed by atoms with Gasteiger partial charge in [-0.25, -0.2) is 0 Å². The summed E-state index contributed by atoms with van der Waals surface area (Å²) < 4.78 is 5.25. The van der Waals surface area contributed by atoms with Crippen LogP contribution in [0.3, 0.4) is 0 Å². The zero-order valence-electron chi connectivity index (χ0n) is 18.0. The SMILES string of the molecule is Cc1cc(C)cc(NC(=O)COC(=O)CN(Cc2ccccc2)Cc2ccccc2)c1. The summed E-state index contributed by atoms with van der Waals surface area (Å²) in [6.07, 6.45) is 0. The summed E-state index contributed by atoms with van der Waals surface area (Å²) in [6, 6.07) is 25.8. The van der Waals surface area contributed by atoms with Crippen LogP contribution >= 0.6 is 0 Å². The van der Waals surface area contributed by atoms with Gasteiger partial charge >= 0.3 is 5.97 Å². The molecule has 0 spiro atoms. The van der Waals surface area contributed by atoms with Gasteiger partial charge in [-0.05, 0) is 48.2 Å². The third-order valence-corrected chi connectivity index (χ3v) is 4.72. The van der Waals surface area contributed by atoms with Gasteiger partial charge in [-0.2, -0.15) is 0 Å². The van der Waals surface area contributed by atoms with Gasteiger partial charge in [0.15, 0.2) is 6.61 Å². The molecule has 5 nitrogen and oxygen atoms in total. The van der Waals surface area contributed by atoms with Crippen molar-refractivity contribution in [2.45, 2.75) is 26.9 Å². The number of nitrogens with one attached hydrogen (secondary N) is 1. The summed E-state index contributed by atoms with van der Waals surface area (Å²) in [5.41, 5.74) is 5.04. The molecule has 0 aromatic heterocycles. The predicted octanol–water partition coefficient (Wildman–Crippen LogP) is 4.49. The lowest BCUT2D eigenvalue weighted by Crippen LogP contribution is -2.32. The zero-order chi connectivity index (χ0) is 22.1. The number of benzene rings is 3. The van der Waals surface area contributed by atoms with Gasteiger partial charge in [0.2, 0.25) is 0 Å². The minimum atomic E-state index is -0.428. The average molecular weight is 417 g/mol. The highest BCUT2D eigenvalue weighted by molar-refractivity contribution is 5.93. The molecule has 0 aliphatic carbocycles. The van der Waals surface area contributed by atoms with Gasteiger partial charge in [-0.15, -0.1) is 0 Å². The third-order valence-electron chi connectivity index (χ3n) is 4.72. The fourth-order valence-corrected chi connectivity index (χ4v) is 3.47. The molecule has 0 aliphatic heterocycles. The molecule has 0 saturated carbocycles. The first kappa shape index (κ1) is 22.2. The van der Waals surface area contributed by atoms with Crippen LogP contribution in [0.15, 0.2) is 78.9 Å². The first-order valence-electron chi connectivity index (χ1n) is 10.3. The molecule has 0 unspecified atom stereocenters. The van der Waals surface area contributed by atoms with Gasteiger partial charge in [-0.1, -0.05) is 66.7 Å². The molecule has 0 heterocycles. The largest absolute Gasteiger partial charge is 0.455 e. The van der Waals surface area contributed by atoms with Crippen LogP contribution in [0, 0.1) is 13.8 Å². The summed E-state index contributed by atoms with van der Waals surface area (Å²) in [6.45, 7) is 4.95. The van der Waals surface area contributed by atoms with E-state index in [2.05, 4.69) is 5.32 Å². The smallest absolute Gasteiger partial charge is 0.320 e. The van der Waals surface area contributed by atoms with E-state index in [0.29, 0.717) is 18.8 Å². The van der Waals surface area contributed by atoms with Gasteiger partial charge in [0.25, 0.3) is 5.91 Å². The number of aryl methyl sites for hydroxylation is 2. The number of rotatable bonds is 9. The molecule has 3 aromatic carbocycles. The Labute approximate surface area is 183 Å². The standard InChI is InChI=1S/C26H28N2O3/c1-20-13-21(2)15-24(14-20)27-25(29)19-31-26(30)18-28(16-22-9-5-3-6-10-22)17-23-11-7-4-8-12-23/h3-15H,16-19H2,1-2H3,(H,27,29).